The first-order valence-corrected chi connectivity index (χ1v) is 7.47. The lowest BCUT2D eigenvalue weighted by atomic mass is 10.1. The number of likely N-dealkylation sites (tertiary alicyclic amines) is 1. The standard InChI is InChI=1S/C14H28N4O3/c1-14(2,3)21-13(20)17-7-6-16-11-4-8-18(9-5-11)10-12(15)19/h11,16H,4-10H2,1-3H3,(H2,15,19)(H,17,20). The Morgan fingerprint density at radius 2 is 1.86 bits per heavy atom. The van der Waals surface area contributed by atoms with Gasteiger partial charge in [0.05, 0.1) is 6.54 Å². The molecule has 21 heavy (non-hydrogen) atoms. The highest BCUT2D eigenvalue weighted by molar-refractivity contribution is 5.75. The molecule has 0 spiro atoms. The summed E-state index contributed by atoms with van der Waals surface area (Å²) in [6.45, 7) is 8.85. The monoisotopic (exact) mass is 300 g/mol. The third kappa shape index (κ3) is 8.52. The summed E-state index contributed by atoms with van der Waals surface area (Å²) in [6.07, 6.45) is 1.58. The number of ether oxygens (including phenoxy) is 1. The molecule has 1 heterocycles. The van der Waals surface area contributed by atoms with E-state index in [1.54, 1.807) is 0 Å². The Morgan fingerprint density at radius 1 is 1.24 bits per heavy atom. The Kier molecular flexibility index (Phi) is 6.91. The van der Waals surface area contributed by atoms with Crippen molar-refractivity contribution in [1.29, 1.82) is 0 Å². The van der Waals surface area contributed by atoms with Crippen LogP contribution in [0.1, 0.15) is 33.6 Å². The van der Waals surface area contributed by atoms with Gasteiger partial charge in [-0.05, 0) is 33.6 Å². The van der Waals surface area contributed by atoms with Crippen LogP contribution < -0.4 is 16.4 Å². The number of nitrogens with zero attached hydrogens (tertiary/aromatic N) is 1. The molecule has 4 N–H and O–H groups in total. The van der Waals surface area contributed by atoms with Crippen molar-refractivity contribution in [2.75, 3.05) is 32.7 Å². The number of nitrogens with two attached hydrogens (primary N) is 1. The molecule has 0 aromatic carbocycles. The molecule has 2 amide bonds. The first-order valence-electron chi connectivity index (χ1n) is 7.47. The number of nitrogens with one attached hydrogen (secondary N) is 2. The van der Waals surface area contributed by atoms with Crippen LogP contribution in [0.2, 0.25) is 0 Å². The zero-order chi connectivity index (χ0) is 15.9. The van der Waals surface area contributed by atoms with E-state index in [0.29, 0.717) is 25.7 Å². The van der Waals surface area contributed by atoms with Gasteiger partial charge in [-0.25, -0.2) is 4.79 Å². The summed E-state index contributed by atoms with van der Waals surface area (Å²) in [7, 11) is 0. The van der Waals surface area contributed by atoms with Gasteiger partial charge in [0.25, 0.3) is 0 Å². The largest absolute Gasteiger partial charge is 0.444 e. The van der Waals surface area contributed by atoms with Gasteiger partial charge in [-0.1, -0.05) is 0 Å². The average Bonchev–Trinajstić information content (AvgIpc) is 2.34. The predicted molar refractivity (Wildman–Crippen MR) is 80.9 cm³/mol. The van der Waals surface area contributed by atoms with E-state index >= 15 is 0 Å². The predicted octanol–water partition coefficient (Wildman–Crippen LogP) is 0.0504. The van der Waals surface area contributed by atoms with Crippen LogP contribution >= 0.6 is 0 Å². The van der Waals surface area contributed by atoms with Crippen LogP contribution in [0.5, 0.6) is 0 Å². The summed E-state index contributed by atoms with van der Waals surface area (Å²) < 4.78 is 5.15. The molecule has 0 aromatic heterocycles. The summed E-state index contributed by atoms with van der Waals surface area (Å²) in [4.78, 5) is 24.3. The van der Waals surface area contributed by atoms with Crippen LogP contribution in [-0.2, 0) is 9.53 Å². The maximum absolute atomic E-state index is 11.4. The van der Waals surface area contributed by atoms with Gasteiger partial charge in [-0.3, -0.25) is 9.69 Å². The number of rotatable bonds is 6. The number of carbonyl (C=O) groups excluding carboxylic acids is 2. The zero-order valence-corrected chi connectivity index (χ0v) is 13.3. The van der Waals surface area contributed by atoms with Gasteiger partial charge < -0.3 is 21.1 Å². The fourth-order valence-corrected chi connectivity index (χ4v) is 2.27. The van der Waals surface area contributed by atoms with Gasteiger partial charge in [0, 0.05) is 32.2 Å². The van der Waals surface area contributed by atoms with Crippen LogP contribution in [-0.4, -0.2) is 61.3 Å². The van der Waals surface area contributed by atoms with Crippen molar-refractivity contribution in [3.63, 3.8) is 0 Å². The molecule has 0 aliphatic carbocycles. The molecular weight excluding hydrogens is 272 g/mol. The molecule has 0 saturated carbocycles. The number of piperidine rings is 1. The van der Waals surface area contributed by atoms with Crippen molar-refractivity contribution in [3.8, 4) is 0 Å². The third-order valence-corrected chi connectivity index (χ3v) is 3.19. The second-order valence-electron chi connectivity index (χ2n) is 6.40. The topological polar surface area (TPSA) is 96.7 Å². The van der Waals surface area contributed by atoms with Gasteiger partial charge in [0.1, 0.15) is 5.60 Å². The fraction of sp³-hybridized carbons (Fsp3) is 0.857. The Balaban J connectivity index is 2.07. The van der Waals surface area contributed by atoms with E-state index in [4.69, 9.17) is 10.5 Å². The van der Waals surface area contributed by atoms with Gasteiger partial charge in [0.15, 0.2) is 0 Å². The fourth-order valence-electron chi connectivity index (χ4n) is 2.27. The highest BCUT2D eigenvalue weighted by atomic mass is 16.6. The van der Waals surface area contributed by atoms with Crippen LogP contribution in [0, 0.1) is 0 Å². The molecular formula is C14H28N4O3. The smallest absolute Gasteiger partial charge is 0.407 e. The van der Waals surface area contributed by atoms with E-state index in [9.17, 15) is 9.59 Å². The Morgan fingerprint density at radius 3 is 2.38 bits per heavy atom. The van der Waals surface area contributed by atoms with E-state index in [1.807, 2.05) is 20.8 Å². The van der Waals surface area contributed by atoms with E-state index in [0.717, 1.165) is 25.9 Å². The van der Waals surface area contributed by atoms with Crippen molar-refractivity contribution in [2.45, 2.75) is 45.3 Å². The first-order chi connectivity index (χ1) is 9.76. The van der Waals surface area contributed by atoms with E-state index in [2.05, 4.69) is 15.5 Å². The number of hydrogen-bond donors (Lipinski definition) is 3. The minimum atomic E-state index is -0.467. The third-order valence-electron chi connectivity index (χ3n) is 3.19. The van der Waals surface area contributed by atoms with Crippen LogP contribution in [0.3, 0.4) is 0 Å². The van der Waals surface area contributed by atoms with Gasteiger partial charge in [0.2, 0.25) is 5.91 Å². The Bertz CT molecular complexity index is 347. The molecule has 1 rings (SSSR count). The summed E-state index contributed by atoms with van der Waals surface area (Å²) >= 11 is 0. The molecule has 0 aromatic rings. The molecule has 0 unspecified atom stereocenters. The number of hydrogen-bond acceptors (Lipinski definition) is 5. The zero-order valence-electron chi connectivity index (χ0n) is 13.3. The van der Waals surface area contributed by atoms with Crippen molar-refractivity contribution in [2.24, 2.45) is 5.73 Å². The summed E-state index contributed by atoms with van der Waals surface area (Å²) in [6, 6.07) is 0.426. The highest BCUT2D eigenvalue weighted by Crippen LogP contribution is 2.09. The second-order valence-corrected chi connectivity index (χ2v) is 6.40. The molecule has 0 bridgehead atoms. The van der Waals surface area contributed by atoms with E-state index < -0.39 is 5.60 Å². The van der Waals surface area contributed by atoms with Crippen molar-refractivity contribution in [3.05, 3.63) is 0 Å². The molecule has 122 valence electrons. The SMILES string of the molecule is CC(C)(C)OC(=O)NCCNC1CCN(CC(N)=O)CC1. The second kappa shape index (κ2) is 8.19. The maximum atomic E-state index is 11.4. The quantitative estimate of drug-likeness (QED) is 0.602. The lowest BCUT2D eigenvalue weighted by Crippen LogP contribution is -2.46. The Hall–Kier alpha value is -1.34. The lowest BCUT2D eigenvalue weighted by molar-refractivity contribution is -0.119. The molecule has 7 heteroatoms. The molecule has 7 nitrogen and oxygen atoms in total. The Labute approximate surface area is 126 Å². The highest BCUT2D eigenvalue weighted by Gasteiger charge is 2.19. The van der Waals surface area contributed by atoms with Gasteiger partial charge in [-0.15, -0.1) is 0 Å². The molecule has 0 atom stereocenters. The van der Waals surface area contributed by atoms with Crippen molar-refractivity contribution in [1.82, 2.24) is 15.5 Å². The summed E-state index contributed by atoms with van der Waals surface area (Å²) in [5.74, 6) is -0.275. The number of amides is 2. The van der Waals surface area contributed by atoms with E-state index in [1.165, 1.54) is 0 Å². The maximum Gasteiger partial charge on any atom is 0.407 e. The van der Waals surface area contributed by atoms with Crippen LogP contribution in [0.25, 0.3) is 0 Å². The molecule has 1 fully saturated rings. The normalized spacial score (nSPS) is 17.5. The number of primary amides is 1. The molecule has 1 saturated heterocycles. The van der Waals surface area contributed by atoms with E-state index in [-0.39, 0.29) is 12.0 Å². The van der Waals surface area contributed by atoms with Gasteiger partial charge >= 0.3 is 6.09 Å². The minimum absolute atomic E-state index is 0.275. The van der Waals surface area contributed by atoms with Crippen LogP contribution in [0.4, 0.5) is 4.79 Å². The summed E-state index contributed by atoms with van der Waals surface area (Å²) in [5.41, 5.74) is 4.71. The number of alkyl carbamates (subject to hydrolysis) is 1. The molecule has 1 aliphatic heterocycles. The van der Waals surface area contributed by atoms with Gasteiger partial charge in [-0.2, -0.15) is 0 Å². The first kappa shape index (κ1) is 17.7. The number of carbonyl (C=O) groups is 2. The molecule has 0 radical (unpaired) electrons. The average molecular weight is 300 g/mol. The van der Waals surface area contributed by atoms with Crippen molar-refractivity contribution < 1.29 is 14.3 Å². The molecule has 1 aliphatic rings. The minimum Gasteiger partial charge on any atom is -0.444 e. The summed E-state index contributed by atoms with van der Waals surface area (Å²) in [5, 5.41) is 6.12. The lowest BCUT2D eigenvalue weighted by Gasteiger charge is -2.31. The van der Waals surface area contributed by atoms with Crippen LogP contribution in [0.15, 0.2) is 0 Å². The van der Waals surface area contributed by atoms with Crippen molar-refractivity contribution >= 4 is 12.0 Å².